The van der Waals surface area contributed by atoms with Crippen LogP contribution in [0, 0.1) is 12.8 Å². The normalized spacial score (nSPS) is 12.5. The molecule has 0 aliphatic heterocycles. The number of rotatable bonds is 5. The van der Waals surface area contributed by atoms with E-state index in [0.717, 1.165) is 16.2 Å². The number of ether oxygens (including phenoxy) is 1. The number of hydrogen-bond donors (Lipinski definition) is 1. The molecule has 0 radical (unpaired) electrons. The van der Waals surface area contributed by atoms with E-state index in [2.05, 4.69) is 5.32 Å². The molecule has 136 valence electrons. The van der Waals surface area contributed by atoms with E-state index in [-0.39, 0.29) is 11.7 Å². The molecule has 1 heterocycles. The number of nitrogens with one attached hydrogen (secondary N) is 1. The molecule has 1 aromatic heterocycles. The molecule has 5 nitrogen and oxygen atoms in total. The van der Waals surface area contributed by atoms with Gasteiger partial charge in [0.05, 0.1) is 0 Å². The molecule has 1 N–H and O–H groups in total. The molecular formula is C21H23NO4. The van der Waals surface area contributed by atoms with Gasteiger partial charge in [0, 0.05) is 22.9 Å². The number of carbonyl (C=O) groups is 2. The maximum Gasteiger partial charge on any atom is 0.375 e. The minimum Gasteiger partial charge on any atom is -0.448 e. The van der Waals surface area contributed by atoms with Crippen molar-refractivity contribution in [1.29, 1.82) is 0 Å². The summed E-state index contributed by atoms with van der Waals surface area (Å²) in [6.45, 7) is 7.91. The monoisotopic (exact) mass is 353 g/mol. The second-order valence-corrected chi connectivity index (χ2v) is 6.91. The summed E-state index contributed by atoms with van der Waals surface area (Å²) in [4.78, 5) is 24.6. The number of hydrogen-bond acceptors (Lipinski definition) is 4. The van der Waals surface area contributed by atoms with Crippen molar-refractivity contribution in [3.63, 3.8) is 0 Å². The van der Waals surface area contributed by atoms with E-state index in [1.807, 2.05) is 57.2 Å². The zero-order chi connectivity index (χ0) is 18.8. The highest BCUT2D eigenvalue weighted by Crippen LogP contribution is 2.32. The second kappa shape index (κ2) is 7.20. The molecule has 0 saturated heterocycles. The van der Waals surface area contributed by atoms with Crippen LogP contribution < -0.4 is 5.32 Å². The Morgan fingerprint density at radius 3 is 2.54 bits per heavy atom. The SMILES string of the molecule is Cc1c(C(=O)O[C@@H](C)C(=O)NCC(C)C)oc2c1ccc1ccccc12. The van der Waals surface area contributed by atoms with Gasteiger partial charge in [0.15, 0.2) is 6.10 Å². The average molecular weight is 353 g/mol. The first kappa shape index (κ1) is 18.0. The number of aryl methyl sites for hydroxylation is 1. The molecule has 0 saturated carbocycles. The van der Waals surface area contributed by atoms with Gasteiger partial charge in [-0.2, -0.15) is 0 Å². The van der Waals surface area contributed by atoms with Gasteiger partial charge in [-0.25, -0.2) is 4.79 Å². The highest BCUT2D eigenvalue weighted by atomic mass is 16.6. The first-order valence-electron chi connectivity index (χ1n) is 8.78. The third-order valence-corrected chi connectivity index (χ3v) is 4.35. The summed E-state index contributed by atoms with van der Waals surface area (Å²) in [5.41, 5.74) is 1.37. The van der Waals surface area contributed by atoms with Crippen LogP contribution in [0.25, 0.3) is 21.7 Å². The van der Waals surface area contributed by atoms with E-state index >= 15 is 0 Å². The lowest BCUT2D eigenvalue weighted by molar-refractivity contribution is -0.129. The number of fused-ring (bicyclic) bond motifs is 3. The van der Waals surface area contributed by atoms with E-state index in [4.69, 9.17) is 9.15 Å². The lowest BCUT2D eigenvalue weighted by Crippen LogP contribution is -2.37. The van der Waals surface area contributed by atoms with Crippen LogP contribution in [-0.2, 0) is 9.53 Å². The van der Waals surface area contributed by atoms with Crippen LogP contribution in [0.4, 0.5) is 0 Å². The molecule has 26 heavy (non-hydrogen) atoms. The fourth-order valence-corrected chi connectivity index (χ4v) is 2.86. The lowest BCUT2D eigenvalue weighted by atomic mass is 10.1. The van der Waals surface area contributed by atoms with Gasteiger partial charge in [0.2, 0.25) is 5.76 Å². The van der Waals surface area contributed by atoms with Crippen molar-refractivity contribution in [3.05, 3.63) is 47.7 Å². The molecule has 1 atom stereocenters. The Hall–Kier alpha value is -2.82. The number of carbonyl (C=O) groups excluding carboxylic acids is 2. The summed E-state index contributed by atoms with van der Waals surface area (Å²) in [6, 6.07) is 11.8. The fourth-order valence-electron chi connectivity index (χ4n) is 2.86. The van der Waals surface area contributed by atoms with Crippen LogP contribution in [0.5, 0.6) is 0 Å². The number of furan rings is 1. The molecule has 2 aromatic carbocycles. The maximum atomic E-state index is 12.5. The molecule has 0 aliphatic rings. The predicted molar refractivity (Wildman–Crippen MR) is 101 cm³/mol. The molecule has 0 spiro atoms. The van der Waals surface area contributed by atoms with Crippen molar-refractivity contribution in [2.24, 2.45) is 5.92 Å². The van der Waals surface area contributed by atoms with Gasteiger partial charge in [0.1, 0.15) is 5.58 Å². The summed E-state index contributed by atoms with van der Waals surface area (Å²) in [5.74, 6) is -0.478. The van der Waals surface area contributed by atoms with E-state index in [1.165, 1.54) is 0 Å². The zero-order valence-corrected chi connectivity index (χ0v) is 15.5. The van der Waals surface area contributed by atoms with E-state index in [1.54, 1.807) is 6.92 Å². The molecule has 0 aliphatic carbocycles. The van der Waals surface area contributed by atoms with Crippen molar-refractivity contribution in [2.45, 2.75) is 33.8 Å². The molecule has 1 amide bonds. The molecule has 3 rings (SSSR count). The minimum atomic E-state index is -0.884. The Morgan fingerprint density at radius 1 is 1.08 bits per heavy atom. The maximum absolute atomic E-state index is 12.5. The van der Waals surface area contributed by atoms with Gasteiger partial charge >= 0.3 is 5.97 Å². The highest BCUT2D eigenvalue weighted by molar-refractivity contribution is 6.08. The van der Waals surface area contributed by atoms with Gasteiger partial charge in [0.25, 0.3) is 5.91 Å². The van der Waals surface area contributed by atoms with Crippen LogP contribution >= 0.6 is 0 Å². The zero-order valence-electron chi connectivity index (χ0n) is 15.5. The summed E-state index contributed by atoms with van der Waals surface area (Å²) >= 11 is 0. The smallest absolute Gasteiger partial charge is 0.375 e. The molecule has 3 aromatic rings. The summed E-state index contributed by atoms with van der Waals surface area (Å²) in [7, 11) is 0. The Balaban J connectivity index is 1.85. The number of esters is 1. The summed E-state index contributed by atoms with van der Waals surface area (Å²) < 4.78 is 11.2. The Morgan fingerprint density at radius 2 is 1.81 bits per heavy atom. The first-order chi connectivity index (χ1) is 12.4. The summed E-state index contributed by atoms with van der Waals surface area (Å²) in [5, 5.41) is 5.60. The predicted octanol–water partition coefficient (Wildman–Crippen LogP) is 4.21. The molecule has 5 heteroatoms. The van der Waals surface area contributed by atoms with E-state index in [0.29, 0.717) is 23.6 Å². The number of amides is 1. The first-order valence-corrected chi connectivity index (χ1v) is 8.78. The quantitative estimate of drug-likeness (QED) is 0.698. The van der Waals surface area contributed by atoms with Gasteiger partial charge < -0.3 is 14.5 Å². The topological polar surface area (TPSA) is 68.5 Å². The Labute approximate surface area is 152 Å². The van der Waals surface area contributed by atoms with Crippen LogP contribution in [0.2, 0.25) is 0 Å². The fraction of sp³-hybridized carbons (Fsp3) is 0.333. The van der Waals surface area contributed by atoms with Crippen LogP contribution in [-0.4, -0.2) is 24.5 Å². The Kier molecular flexibility index (Phi) is 4.98. The van der Waals surface area contributed by atoms with Crippen molar-refractivity contribution in [3.8, 4) is 0 Å². The van der Waals surface area contributed by atoms with Gasteiger partial charge in [-0.3, -0.25) is 4.79 Å². The van der Waals surface area contributed by atoms with Crippen molar-refractivity contribution < 1.29 is 18.7 Å². The van der Waals surface area contributed by atoms with E-state index in [9.17, 15) is 9.59 Å². The van der Waals surface area contributed by atoms with Gasteiger partial charge in [-0.15, -0.1) is 0 Å². The largest absolute Gasteiger partial charge is 0.448 e. The third-order valence-electron chi connectivity index (χ3n) is 4.35. The third kappa shape index (κ3) is 3.43. The molecular weight excluding hydrogens is 330 g/mol. The van der Waals surface area contributed by atoms with Gasteiger partial charge in [-0.1, -0.05) is 50.2 Å². The standard InChI is InChI=1S/C21H23NO4/c1-12(2)11-22-20(23)14(4)25-21(24)18-13(3)16-10-9-15-7-5-6-8-17(15)19(16)26-18/h5-10,12,14H,11H2,1-4H3,(H,22,23)/t14-/m0/s1. The highest BCUT2D eigenvalue weighted by Gasteiger charge is 2.24. The molecule has 0 unspecified atom stereocenters. The van der Waals surface area contributed by atoms with Crippen LogP contribution in [0.1, 0.15) is 36.9 Å². The Bertz CT molecular complexity index is 971. The van der Waals surface area contributed by atoms with Gasteiger partial charge in [-0.05, 0) is 25.2 Å². The average Bonchev–Trinajstić information content (AvgIpc) is 2.97. The molecule has 0 fully saturated rings. The van der Waals surface area contributed by atoms with Crippen LogP contribution in [0.15, 0.2) is 40.8 Å². The molecule has 0 bridgehead atoms. The van der Waals surface area contributed by atoms with E-state index < -0.39 is 12.1 Å². The lowest BCUT2D eigenvalue weighted by Gasteiger charge is -2.14. The van der Waals surface area contributed by atoms with Crippen LogP contribution in [0.3, 0.4) is 0 Å². The number of benzene rings is 2. The minimum absolute atomic E-state index is 0.139. The summed E-state index contributed by atoms with van der Waals surface area (Å²) in [6.07, 6.45) is -0.884. The van der Waals surface area contributed by atoms with Crippen molar-refractivity contribution in [2.75, 3.05) is 6.54 Å². The second-order valence-electron chi connectivity index (χ2n) is 6.91. The van der Waals surface area contributed by atoms with Crippen molar-refractivity contribution in [1.82, 2.24) is 5.32 Å². The van der Waals surface area contributed by atoms with Crippen molar-refractivity contribution >= 4 is 33.6 Å².